The third-order valence-electron chi connectivity index (χ3n) is 3.59. The number of aliphatic carboxylic acids is 1. The van der Waals surface area contributed by atoms with Crippen LogP contribution in [0.25, 0.3) is 0 Å². The van der Waals surface area contributed by atoms with E-state index in [1.54, 1.807) is 7.11 Å². The van der Waals surface area contributed by atoms with Gasteiger partial charge in [0, 0.05) is 0 Å². The van der Waals surface area contributed by atoms with E-state index in [1.165, 1.54) is 5.56 Å². The molecule has 1 aromatic carbocycles. The highest BCUT2D eigenvalue weighted by molar-refractivity contribution is 5.78. The fraction of sp³-hybridized carbons (Fsp3) is 0.500. The molecular weight excluding hydrogens is 216 g/mol. The summed E-state index contributed by atoms with van der Waals surface area (Å²) >= 11 is 0. The molecule has 0 spiro atoms. The van der Waals surface area contributed by atoms with Crippen LogP contribution < -0.4 is 4.74 Å². The lowest BCUT2D eigenvalue weighted by molar-refractivity contribution is -0.143. The van der Waals surface area contributed by atoms with Gasteiger partial charge in [-0.2, -0.15) is 0 Å². The quantitative estimate of drug-likeness (QED) is 0.852. The van der Waals surface area contributed by atoms with Gasteiger partial charge in [0.2, 0.25) is 0 Å². The molecule has 3 heteroatoms. The Morgan fingerprint density at radius 3 is 2.65 bits per heavy atom. The molecule has 1 saturated carbocycles. The fourth-order valence-corrected chi connectivity index (χ4v) is 2.17. The van der Waals surface area contributed by atoms with Gasteiger partial charge in [-0.05, 0) is 42.9 Å². The van der Waals surface area contributed by atoms with Gasteiger partial charge in [0.15, 0.2) is 0 Å². The Kier molecular flexibility index (Phi) is 3.09. The largest absolute Gasteiger partial charge is 0.496 e. The normalized spacial score (nSPS) is 16.6. The first kappa shape index (κ1) is 12.0. The number of carboxylic acid groups (broad SMARTS) is 1. The Morgan fingerprint density at radius 1 is 1.47 bits per heavy atom. The average Bonchev–Trinajstić information content (AvgIpc) is 3.10. The standard InChI is InChI=1S/C14H18O3/c1-3-10-4-5-12(17-2)11(8-10)9-14(6-7-14)13(15)16/h4-5,8H,3,6-7,9H2,1-2H3,(H,15,16). The maximum absolute atomic E-state index is 11.2. The number of hydrogen-bond donors (Lipinski definition) is 1. The van der Waals surface area contributed by atoms with Crippen LogP contribution in [0.3, 0.4) is 0 Å². The van der Waals surface area contributed by atoms with E-state index in [0.29, 0.717) is 6.42 Å². The summed E-state index contributed by atoms with van der Waals surface area (Å²) in [6, 6.07) is 6.04. The zero-order valence-electron chi connectivity index (χ0n) is 10.3. The Balaban J connectivity index is 2.27. The smallest absolute Gasteiger partial charge is 0.309 e. The van der Waals surface area contributed by atoms with Gasteiger partial charge in [0.25, 0.3) is 0 Å². The molecule has 1 aliphatic rings. The highest BCUT2D eigenvalue weighted by Gasteiger charge is 2.50. The van der Waals surface area contributed by atoms with E-state index in [9.17, 15) is 9.90 Å². The van der Waals surface area contributed by atoms with E-state index in [-0.39, 0.29) is 0 Å². The molecule has 0 saturated heterocycles. The molecule has 0 radical (unpaired) electrons. The molecule has 2 rings (SSSR count). The highest BCUT2D eigenvalue weighted by Crippen LogP contribution is 2.49. The summed E-state index contributed by atoms with van der Waals surface area (Å²) in [5.41, 5.74) is 1.72. The predicted octanol–water partition coefficient (Wildman–Crippen LogP) is 2.66. The molecule has 17 heavy (non-hydrogen) atoms. The van der Waals surface area contributed by atoms with Crippen molar-refractivity contribution in [1.29, 1.82) is 0 Å². The van der Waals surface area contributed by atoms with Crippen LogP contribution in [0, 0.1) is 5.41 Å². The molecule has 0 amide bonds. The molecule has 1 N–H and O–H groups in total. The first-order valence-corrected chi connectivity index (χ1v) is 6.00. The molecule has 3 nitrogen and oxygen atoms in total. The Morgan fingerprint density at radius 2 is 2.18 bits per heavy atom. The minimum atomic E-state index is -0.679. The van der Waals surface area contributed by atoms with Gasteiger partial charge in [0.05, 0.1) is 12.5 Å². The van der Waals surface area contributed by atoms with Crippen LogP contribution in [-0.2, 0) is 17.6 Å². The second-order valence-electron chi connectivity index (χ2n) is 4.76. The maximum atomic E-state index is 11.2. The first-order chi connectivity index (χ1) is 8.11. The van der Waals surface area contributed by atoms with E-state index in [4.69, 9.17) is 4.74 Å². The summed E-state index contributed by atoms with van der Waals surface area (Å²) in [7, 11) is 1.63. The number of ether oxygens (including phenoxy) is 1. The number of methoxy groups -OCH3 is 1. The van der Waals surface area contributed by atoms with Crippen LogP contribution >= 0.6 is 0 Å². The van der Waals surface area contributed by atoms with Gasteiger partial charge >= 0.3 is 5.97 Å². The summed E-state index contributed by atoms with van der Waals surface area (Å²) in [6.07, 6.45) is 3.10. The van der Waals surface area contributed by atoms with Crippen molar-refractivity contribution in [2.45, 2.75) is 32.6 Å². The fourth-order valence-electron chi connectivity index (χ4n) is 2.17. The molecular formula is C14H18O3. The molecule has 0 aromatic heterocycles. The summed E-state index contributed by atoms with van der Waals surface area (Å²) in [5.74, 6) is 0.121. The number of benzene rings is 1. The minimum Gasteiger partial charge on any atom is -0.496 e. The molecule has 1 fully saturated rings. The highest BCUT2D eigenvalue weighted by atomic mass is 16.5. The summed E-state index contributed by atoms with van der Waals surface area (Å²) in [5, 5.41) is 9.21. The summed E-state index contributed by atoms with van der Waals surface area (Å²) < 4.78 is 5.31. The Bertz CT molecular complexity index is 433. The molecule has 1 aromatic rings. The average molecular weight is 234 g/mol. The molecule has 0 heterocycles. The minimum absolute atomic E-state index is 0.528. The summed E-state index contributed by atoms with van der Waals surface area (Å²) in [6.45, 7) is 2.09. The molecule has 0 bridgehead atoms. The molecule has 0 atom stereocenters. The summed E-state index contributed by atoms with van der Waals surface area (Å²) in [4.78, 5) is 11.2. The number of rotatable bonds is 5. The van der Waals surface area contributed by atoms with Crippen LogP contribution in [0.4, 0.5) is 0 Å². The third-order valence-corrected chi connectivity index (χ3v) is 3.59. The van der Waals surface area contributed by atoms with E-state index in [0.717, 1.165) is 30.6 Å². The van der Waals surface area contributed by atoms with Crippen molar-refractivity contribution in [2.24, 2.45) is 5.41 Å². The number of hydrogen-bond acceptors (Lipinski definition) is 2. The second kappa shape index (κ2) is 4.40. The van der Waals surface area contributed by atoms with Gasteiger partial charge < -0.3 is 9.84 Å². The van der Waals surface area contributed by atoms with Crippen molar-refractivity contribution in [3.63, 3.8) is 0 Å². The Hall–Kier alpha value is -1.51. The van der Waals surface area contributed by atoms with Crippen molar-refractivity contribution < 1.29 is 14.6 Å². The van der Waals surface area contributed by atoms with Gasteiger partial charge in [-0.1, -0.05) is 19.1 Å². The number of aryl methyl sites for hydroxylation is 1. The van der Waals surface area contributed by atoms with E-state index in [2.05, 4.69) is 13.0 Å². The SMILES string of the molecule is CCc1ccc(OC)c(CC2(C(=O)O)CC2)c1. The lowest BCUT2D eigenvalue weighted by Crippen LogP contribution is -2.18. The Labute approximate surface area is 101 Å². The van der Waals surface area contributed by atoms with Crippen LogP contribution in [0.1, 0.15) is 30.9 Å². The van der Waals surface area contributed by atoms with E-state index >= 15 is 0 Å². The van der Waals surface area contributed by atoms with Crippen LogP contribution in [0.5, 0.6) is 5.75 Å². The van der Waals surface area contributed by atoms with Crippen molar-refractivity contribution in [2.75, 3.05) is 7.11 Å². The van der Waals surface area contributed by atoms with Crippen LogP contribution in [0.2, 0.25) is 0 Å². The zero-order chi connectivity index (χ0) is 12.5. The molecule has 0 unspecified atom stereocenters. The zero-order valence-corrected chi connectivity index (χ0v) is 10.3. The lowest BCUT2D eigenvalue weighted by atomic mass is 9.94. The van der Waals surface area contributed by atoms with E-state index < -0.39 is 11.4 Å². The lowest BCUT2D eigenvalue weighted by Gasteiger charge is -2.14. The molecule has 92 valence electrons. The predicted molar refractivity (Wildman–Crippen MR) is 65.4 cm³/mol. The van der Waals surface area contributed by atoms with Gasteiger partial charge in [-0.3, -0.25) is 4.79 Å². The maximum Gasteiger partial charge on any atom is 0.309 e. The third kappa shape index (κ3) is 2.28. The van der Waals surface area contributed by atoms with E-state index in [1.807, 2.05) is 12.1 Å². The second-order valence-corrected chi connectivity index (χ2v) is 4.76. The van der Waals surface area contributed by atoms with Crippen LogP contribution in [-0.4, -0.2) is 18.2 Å². The number of carboxylic acids is 1. The van der Waals surface area contributed by atoms with Crippen LogP contribution in [0.15, 0.2) is 18.2 Å². The van der Waals surface area contributed by atoms with Gasteiger partial charge in [-0.15, -0.1) is 0 Å². The number of carbonyl (C=O) groups is 1. The van der Waals surface area contributed by atoms with Crippen molar-refractivity contribution in [3.05, 3.63) is 29.3 Å². The van der Waals surface area contributed by atoms with Crippen molar-refractivity contribution in [3.8, 4) is 5.75 Å². The topological polar surface area (TPSA) is 46.5 Å². The molecule has 1 aliphatic carbocycles. The van der Waals surface area contributed by atoms with Crippen molar-refractivity contribution in [1.82, 2.24) is 0 Å². The van der Waals surface area contributed by atoms with Crippen molar-refractivity contribution >= 4 is 5.97 Å². The van der Waals surface area contributed by atoms with Gasteiger partial charge in [-0.25, -0.2) is 0 Å². The molecule has 0 aliphatic heterocycles. The first-order valence-electron chi connectivity index (χ1n) is 6.00. The monoisotopic (exact) mass is 234 g/mol. The van der Waals surface area contributed by atoms with Gasteiger partial charge in [0.1, 0.15) is 5.75 Å².